The summed E-state index contributed by atoms with van der Waals surface area (Å²) >= 11 is 0. The van der Waals surface area contributed by atoms with Crippen molar-refractivity contribution in [2.45, 2.75) is 0 Å². The highest BCUT2D eigenvalue weighted by Gasteiger charge is 2.00. The third kappa shape index (κ3) is 1.75. The Morgan fingerprint density at radius 3 is 2.58 bits per heavy atom. The number of hydrogen-bond acceptors (Lipinski definition) is 2. The van der Waals surface area contributed by atoms with E-state index in [1.807, 2.05) is 43.3 Å². The lowest BCUT2D eigenvalue weighted by atomic mass is 10.2. The van der Waals surface area contributed by atoms with E-state index in [-0.39, 0.29) is 0 Å². The molecule has 0 aliphatic heterocycles. The zero-order valence-corrected chi connectivity index (χ0v) is 7.24. The first-order valence-corrected chi connectivity index (χ1v) is 3.72. The van der Waals surface area contributed by atoms with Crippen LogP contribution in [0.5, 0.6) is 0 Å². The summed E-state index contributed by atoms with van der Waals surface area (Å²) in [5.74, 6) is 0. The molecule has 12 heavy (non-hydrogen) atoms. The fourth-order valence-corrected chi connectivity index (χ4v) is 1.05. The first kappa shape index (κ1) is 8.59. The minimum atomic E-state index is 0.683. The molecule has 0 heterocycles. The molecule has 1 N–H and O–H groups in total. The van der Waals surface area contributed by atoms with Gasteiger partial charge in [-0.3, -0.25) is 4.79 Å². The molecule has 0 atom stereocenters. The zero-order chi connectivity index (χ0) is 8.97. The van der Waals surface area contributed by atoms with Gasteiger partial charge in [-0.25, -0.2) is 0 Å². The van der Waals surface area contributed by atoms with Crippen LogP contribution in [0, 0.1) is 0 Å². The Morgan fingerprint density at radius 1 is 1.33 bits per heavy atom. The second-order valence-electron chi connectivity index (χ2n) is 2.67. The molecule has 0 aliphatic carbocycles. The first-order valence-electron chi connectivity index (χ1n) is 3.72. The number of para-hydroxylation sites is 2. The average molecular weight is 164 g/mol. The lowest BCUT2D eigenvalue weighted by molar-refractivity contribution is -0.105. The molecular formula is C9H12N2O. The van der Waals surface area contributed by atoms with Crippen molar-refractivity contribution in [1.82, 2.24) is 0 Å². The maximum absolute atomic E-state index is 10.2. The molecule has 1 rings (SSSR count). The van der Waals surface area contributed by atoms with Crippen LogP contribution in [0.25, 0.3) is 0 Å². The number of carbonyl (C=O) groups excluding carboxylic acids is 1. The van der Waals surface area contributed by atoms with Gasteiger partial charge in [0, 0.05) is 14.1 Å². The second kappa shape index (κ2) is 3.76. The normalized spacial score (nSPS) is 9.17. The molecular weight excluding hydrogens is 152 g/mol. The van der Waals surface area contributed by atoms with Gasteiger partial charge in [0.25, 0.3) is 0 Å². The molecule has 0 spiro atoms. The summed E-state index contributed by atoms with van der Waals surface area (Å²) in [5, 5.41) is 2.64. The molecule has 0 fully saturated rings. The van der Waals surface area contributed by atoms with Crippen LogP contribution in [0.2, 0.25) is 0 Å². The summed E-state index contributed by atoms with van der Waals surface area (Å²) in [6.07, 6.45) is 0.683. The molecule has 0 aliphatic rings. The summed E-state index contributed by atoms with van der Waals surface area (Å²) in [6, 6.07) is 7.64. The molecule has 0 bridgehead atoms. The summed E-state index contributed by atoms with van der Waals surface area (Å²) in [7, 11) is 3.87. The topological polar surface area (TPSA) is 32.3 Å². The van der Waals surface area contributed by atoms with Gasteiger partial charge in [0.2, 0.25) is 6.41 Å². The highest BCUT2D eigenvalue weighted by molar-refractivity contribution is 5.80. The summed E-state index contributed by atoms with van der Waals surface area (Å²) in [4.78, 5) is 12.2. The van der Waals surface area contributed by atoms with Gasteiger partial charge in [0.1, 0.15) is 0 Å². The van der Waals surface area contributed by atoms with Crippen LogP contribution < -0.4 is 10.2 Å². The van der Waals surface area contributed by atoms with Crippen molar-refractivity contribution in [1.29, 1.82) is 0 Å². The minimum Gasteiger partial charge on any atom is -0.376 e. The first-order chi connectivity index (χ1) is 5.75. The summed E-state index contributed by atoms with van der Waals surface area (Å²) < 4.78 is 0. The van der Waals surface area contributed by atoms with E-state index in [4.69, 9.17) is 0 Å². The van der Waals surface area contributed by atoms with Crippen molar-refractivity contribution in [3.8, 4) is 0 Å². The standard InChI is InChI=1S/C9H12N2O/c1-11(2)9-6-4-3-5-8(9)10-7-12/h3-7H,1-2H3,(H,10,12). The maximum atomic E-state index is 10.2. The average Bonchev–Trinajstić information content (AvgIpc) is 2.05. The fourth-order valence-electron chi connectivity index (χ4n) is 1.05. The quantitative estimate of drug-likeness (QED) is 0.683. The van der Waals surface area contributed by atoms with E-state index in [1.54, 1.807) is 0 Å². The third-order valence-electron chi connectivity index (χ3n) is 1.60. The molecule has 1 aromatic rings. The predicted molar refractivity (Wildman–Crippen MR) is 50.5 cm³/mol. The van der Waals surface area contributed by atoms with Gasteiger partial charge in [-0.15, -0.1) is 0 Å². The van der Waals surface area contributed by atoms with E-state index in [2.05, 4.69) is 5.32 Å². The van der Waals surface area contributed by atoms with Gasteiger partial charge < -0.3 is 10.2 Å². The molecule has 0 unspecified atom stereocenters. The van der Waals surface area contributed by atoms with E-state index in [0.717, 1.165) is 11.4 Å². The van der Waals surface area contributed by atoms with Gasteiger partial charge in [-0.05, 0) is 12.1 Å². The van der Waals surface area contributed by atoms with Gasteiger partial charge >= 0.3 is 0 Å². The molecule has 3 nitrogen and oxygen atoms in total. The Hall–Kier alpha value is -1.51. The van der Waals surface area contributed by atoms with Gasteiger partial charge in [-0.1, -0.05) is 12.1 Å². The number of hydrogen-bond donors (Lipinski definition) is 1. The van der Waals surface area contributed by atoms with Crippen molar-refractivity contribution in [3.63, 3.8) is 0 Å². The molecule has 0 saturated carbocycles. The van der Waals surface area contributed by atoms with E-state index >= 15 is 0 Å². The fraction of sp³-hybridized carbons (Fsp3) is 0.222. The number of nitrogens with zero attached hydrogens (tertiary/aromatic N) is 1. The van der Waals surface area contributed by atoms with Crippen LogP contribution in [-0.4, -0.2) is 20.5 Å². The largest absolute Gasteiger partial charge is 0.376 e. The molecule has 0 saturated heterocycles. The SMILES string of the molecule is CN(C)c1ccccc1NC=O. The highest BCUT2D eigenvalue weighted by atomic mass is 16.1. The van der Waals surface area contributed by atoms with Gasteiger partial charge in [0.05, 0.1) is 11.4 Å². The Labute approximate surface area is 72.0 Å². The summed E-state index contributed by atoms with van der Waals surface area (Å²) in [5.41, 5.74) is 1.84. The number of carbonyl (C=O) groups is 1. The number of amides is 1. The monoisotopic (exact) mass is 164 g/mol. The van der Waals surface area contributed by atoms with Gasteiger partial charge in [-0.2, -0.15) is 0 Å². The van der Waals surface area contributed by atoms with Crippen LogP contribution in [-0.2, 0) is 4.79 Å². The number of anilines is 2. The molecule has 64 valence electrons. The van der Waals surface area contributed by atoms with E-state index < -0.39 is 0 Å². The second-order valence-corrected chi connectivity index (χ2v) is 2.67. The third-order valence-corrected chi connectivity index (χ3v) is 1.60. The van der Waals surface area contributed by atoms with Crippen LogP contribution in [0.3, 0.4) is 0 Å². The van der Waals surface area contributed by atoms with Crippen molar-refractivity contribution in [2.75, 3.05) is 24.3 Å². The molecule has 0 radical (unpaired) electrons. The summed E-state index contributed by atoms with van der Waals surface area (Å²) in [6.45, 7) is 0. The van der Waals surface area contributed by atoms with Crippen molar-refractivity contribution in [3.05, 3.63) is 24.3 Å². The van der Waals surface area contributed by atoms with Crippen molar-refractivity contribution in [2.24, 2.45) is 0 Å². The number of rotatable bonds is 3. The van der Waals surface area contributed by atoms with E-state index in [9.17, 15) is 4.79 Å². The van der Waals surface area contributed by atoms with Crippen LogP contribution in [0.1, 0.15) is 0 Å². The van der Waals surface area contributed by atoms with Crippen molar-refractivity contribution >= 4 is 17.8 Å². The highest BCUT2D eigenvalue weighted by Crippen LogP contribution is 2.22. The molecule has 3 heteroatoms. The maximum Gasteiger partial charge on any atom is 0.211 e. The predicted octanol–water partition coefficient (Wildman–Crippen LogP) is 1.32. The Kier molecular flexibility index (Phi) is 2.69. The smallest absolute Gasteiger partial charge is 0.211 e. The Balaban J connectivity index is 2.99. The molecule has 1 aromatic carbocycles. The van der Waals surface area contributed by atoms with Crippen molar-refractivity contribution < 1.29 is 4.79 Å². The minimum absolute atomic E-state index is 0.683. The zero-order valence-electron chi connectivity index (χ0n) is 7.24. The van der Waals surface area contributed by atoms with Crippen LogP contribution >= 0.6 is 0 Å². The van der Waals surface area contributed by atoms with Gasteiger partial charge in [0.15, 0.2) is 0 Å². The Morgan fingerprint density at radius 2 is 2.00 bits per heavy atom. The van der Waals surface area contributed by atoms with E-state index in [1.165, 1.54) is 0 Å². The number of nitrogens with one attached hydrogen (secondary N) is 1. The molecule has 1 amide bonds. The lowest BCUT2D eigenvalue weighted by Crippen LogP contribution is -2.11. The van der Waals surface area contributed by atoms with E-state index in [0.29, 0.717) is 6.41 Å². The van der Waals surface area contributed by atoms with Crippen LogP contribution in [0.4, 0.5) is 11.4 Å². The number of benzene rings is 1. The molecule has 0 aromatic heterocycles. The lowest BCUT2D eigenvalue weighted by Gasteiger charge is -2.15. The van der Waals surface area contributed by atoms with Crippen LogP contribution in [0.15, 0.2) is 24.3 Å². The Bertz CT molecular complexity index is 271.